The smallest absolute Gasteiger partial charge is 0.322 e. The summed E-state index contributed by atoms with van der Waals surface area (Å²) in [5, 5.41) is 10.3. The number of aromatic nitrogens is 2. The molecule has 118 valence electrons. The van der Waals surface area contributed by atoms with Gasteiger partial charge in [-0.3, -0.25) is 10.1 Å². The molecule has 2 heterocycles. The molecule has 1 N–H and O–H groups in total. The second-order valence-electron chi connectivity index (χ2n) is 4.54. The van der Waals surface area contributed by atoms with Crippen molar-refractivity contribution in [2.24, 2.45) is 0 Å². The van der Waals surface area contributed by atoms with Crippen molar-refractivity contribution in [1.82, 2.24) is 10.2 Å². The molecule has 0 atom stereocenters. The summed E-state index contributed by atoms with van der Waals surface area (Å²) in [6, 6.07) is 10.6. The van der Waals surface area contributed by atoms with Crippen LogP contribution < -0.4 is 10.1 Å². The summed E-state index contributed by atoms with van der Waals surface area (Å²) in [6.45, 7) is 0. The lowest BCUT2D eigenvalue weighted by atomic mass is 10.2. The van der Waals surface area contributed by atoms with E-state index in [2.05, 4.69) is 15.5 Å². The van der Waals surface area contributed by atoms with Crippen LogP contribution in [0.4, 0.5) is 6.01 Å². The van der Waals surface area contributed by atoms with Crippen molar-refractivity contribution in [2.75, 3.05) is 12.4 Å². The molecular weight excluding hydrogens is 338 g/mol. The van der Waals surface area contributed by atoms with E-state index in [-0.39, 0.29) is 11.9 Å². The Morgan fingerprint density at radius 3 is 2.87 bits per heavy atom. The number of carbonyl (C=O) groups excluding carboxylic acids is 1. The Kier molecular flexibility index (Phi) is 4.59. The summed E-state index contributed by atoms with van der Waals surface area (Å²) in [6.07, 6.45) is 0.467. The highest BCUT2D eigenvalue weighted by molar-refractivity contribution is 7.16. The van der Waals surface area contributed by atoms with Gasteiger partial charge in [0.25, 0.3) is 5.91 Å². The molecule has 8 heteroatoms. The zero-order chi connectivity index (χ0) is 16.2. The largest absolute Gasteiger partial charge is 0.496 e. The van der Waals surface area contributed by atoms with Crippen LogP contribution in [-0.2, 0) is 6.42 Å². The number of rotatable bonds is 5. The zero-order valence-corrected chi connectivity index (χ0v) is 13.6. The van der Waals surface area contributed by atoms with Crippen LogP contribution in [0.25, 0.3) is 0 Å². The van der Waals surface area contributed by atoms with Crippen LogP contribution >= 0.6 is 22.9 Å². The molecule has 2 aromatic heterocycles. The van der Waals surface area contributed by atoms with E-state index in [9.17, 15) is 4.79 Å². The molecule has 0 saturated carbocycles. The average molecular weight is 350 g/mol. The van der Waals surface area contributed by atoms with Gasteiger partial charge in [-0.05, 0) is 24.3 Å². The predicted octanol–water partition coefficient (Wildman–Crippen LogP) is 3.64. The first-order valence-electron chi connectivity index (χ1n) is 6.66. The minimum Gasteiger partial charge on any atom is -0.496 e. The normalized spacial score (nSPS) is 10.5. The summed E-state index contributed by atoms with van der Waals surface area (Å²) < 4.78 is 11.3. The minimum absolute atomic E-state index is 0.0403. The summed E-state index contributed by atoms with van der Waals surface area (Å²) in [5.41, 5.74) is 0.389. The zero-order valence-electron chi connectivity index (χ0n) is 12.1. The maximum atomic E-state index is 12.2. The fourth-order valence-corrected chi connectivity index (χ4v) is 3.05. The van der Waals surface area contributed by atoms with Crippen LogP contribution in [0, 0.1) is 0 Å². The first-order valence-corrected chi connectivity index (χ1v) is 7.86. The summed E-state index contributed by atoms with van der Waals surface area (Å²) in [7, 11) is 1.50. The monoisotopic (exact) mass is 349 g/mol. The van der Waals surface area contributed by atoms with E-state index in [0.29, 0.717) is 28.0 Å². The molecule has 0 fully saturated rings. The minimum atomic E-state index is -0.378. The van der Waals surface area contributed by atoms with Gasteiger partial charge < -0.3 is 9.15 Å². The Morgan fingerprint density at radius 1 is 1.30 bits per heavy atom. The highest BCUT2D eigenvalue weighted by Gasteiger charge is 2.15. The number of halogens is 1. The highest BCUT2D eigenvalue weighted by atomic mass is 35.5. The number of para-hydroxylation sites is 1. The van der Waals surface area contributed by atoms with E-state index in [4.69, 9.17) is 20.8 Å². The van der Waals surface area contributed by atoms with Crippen molar-refractivity contribution in [1.29, 1.82) is 0 Å². The highest BCUT2D eigenvalue weighted by Crippen LogP contribution is 2.24. The molecule has 1 aromatic carbocycles. The van der Waals surface area contributed by atoms with Crippen molar-refractivity contribution >= 4 is 34.9 Å². The third-order valence-corrected chi connectivity index (χ3v) is 4.22. The van der Waals surface area contributed by atoms with E-state index in [1.165, 1.54) is 18.4 Å². The SMILES string of the molecule is COc1ccccc1C(=O)Nc1nnc(Cc2ccc(Cl)s2)o1. The van der Waals surface area contributed by atoms with Crippen LogP contribution in [0.2, 0.25) is 4.34 Å². The number of thiophene rings is 1. The van der Waals surface area contributed by atoms with Gasteiger partial charge in [0, 0.05) is 4.88 Å². The molecule has 0 spiro atoms. The van der Waals surface area contributed by atoms with E-state index < -0.39 is 0 Å². The van der Waals surface area contributed by atoms with Crippen molar-refractivity contribution in [3.63, 3.8) is 0 Å². The van der Waals surface area contributed by atoms with Crippen LogP contribution in [0.5, 0.6) is 5.75 Å². The van der Waals surface area contributed by atoms with Gasteiger partial charge in [-0.2, -0.15) is 0 Å². The Morgan fingerprint density at radius 2 is 2.13 bits per heavy atom. The first-order chi connectivity index (χ1) is 11.2. The van der Waals surface area contributed by atoms with E-state index >= 15 is 0 Å². The molecule has 3 rings (SSSR count). The number of hydrogen-bond acceptors (Lipinski definition) is 6. The Labute approximate surface area is 141 Å². The number of carbonyl (C=O) groups is 1. The molecule has 0 aliphatic heterocycles. The van der Waals surface area contributed by atoms with Gasteiger partial charge in [-0.1, -0.05) is 28.8 Å². The van der Waals surface area contributed by atoms with Gasteiger partial charge in [0.05, 0.1) is 23.4 Å². The first kappa shape index (κ1) is 15.5. The van der Waals surface area contributed by atoms with Crippen LogP contribution in [-0.4, -0.2) is 23.2 Å². The van der Waals surface area contributed by atoms with Crippen LogP contribution in [0.1, 0.15) is 21.1 Å². The molecule has 1 amide bonds. The van der Waals surface area contributed by atoms with Crippen molar-refractivity contribution < 1.29 is 13.9 Å². The van der Waals surface area contributed by atoms with E-state index in [0.717, 1.165) is 4.88 Å². The molecule has 0 saturated heterocycles. The summed E-state index contributed by atoms with van der Waals surface area (Å²) in [4.78, 5) is 13.2. The molecule has 6 nitrogen and oxygen atoms in total. The van der Waals surface area contributed by atoms with E-state index in [1.807, 2.05) is 12.1 Å². The Bertz CT molecular complexity index is 831. The molecule has 0 unspecified atom stereocenters. The fourth-order valence-electron chi connectivity index (χ4n) is 1.97. The van der Waals surface area contributed by atoms with Crippen molar-refractivity contribution in [2.45, 2.75) is 6.42 Å². The Balaban J connectivity index is 1.70. The molecule has 0 radical (unpaired) electrons. The van der Waals surface area contributed by atoms with E-state index in [1.54, 1.807) is 24.3 Å². The number of nitrogens with zero attached hydrogens (tertiary/aromatic N) is 2. The van der Waals surface area contributed by atoms with Gasteiger partial charge in [-0.25, -0.2) is 0 Å². The molecule has 0 bridgehead atoms. The number of anilines is 1. The van der Waals surface area contributed by atoms with Gasteiger partial charge in [-0.15, -0.1) is 16.4 Å². The Hall–Kier alpha value is -2.38. The third-order valence-electron chi connectivity index (χ3n) is 2.99. The lowest BCUT2D eigenvalue weighted by molar-refractivity contribution is 0.102. The van der Waals surface area contributed by atoms with Gasteiger partial charge in [0.1, 0.15) is 5.75 Å². The third kappa shape index (κ3) is 3.69. The maximum absolute atomic E-state index is 12.2. The number of benzene rings is 1. The lowest BCUT2D eigenvalue weighted by Crippen LogP contribution is -2.13. The molecule has 0 aliphatic rings. The fraction of sp³-hybridized carbons (Fsp3) is 0.133. The number of nitrogens with one attached hydrogen (secondary N) is 1. The summed E-state index contributed by atoms with van der Waals surface area (Å²) in [5.74, 6) is 0.494. The molecule has 23 heavy (non-hydrogen) atoms. The standard InChI is InChI=1S/C15H12ClN3O3S/c1-21-11-5-3-2-4-10(11)14(20)17-15-19-18-13(22-15)8-9-6-7-12(16)23-9/h2-7H,8H2,1H3,(H,17,19,20). The lowest BCUT2D eigenvalue weighted by Gasteiger charge is -2.06. The van der Waals surface area contributed by atoms with Crippen LogP contribution in [0.15, 0.2) is 40.8 Å². The van der Waals surface area contributed by atoms with Gasteiger partial charge >= 0.3 is 6.01 Å². The maximum Gasteiger partial charge on any atom is 0.322 e. The quantitative estimate of drug-likeness (QED) is 0.761. The number of methoxy groups -OCH3 is 1. The van der Waals surface area contributed by atoms with Crippen molar-refractivity contribution in [3.05, 3.63) is 57.1 Å². The molecule has 0 aliphatic carbocycles. The van der Waals surface area contributed by atoms with Crippen LogP contribution in [0.3, 0.4) is 0 Å². The molecular formula is C15H12ClN3O3S. The summed E-state index contributed by atoms with van der Waals surface area (Å²) >= 11 is 7.32. The van der Waals surface area contributed by atoms with Crippen molar-refractivity contribution in [3.8, 4) is 5.75 Å². The second-order valence-corrected chi connectivity index (χ2v) is 6.34. The van der Waals surface area contributed by atoms with Gasteiger partial charge in [0.2, 0.25) is 5.89 Å². The predicted molar refractivity (Wildman–Crippen MR) is 87.4 cm³/mol. The topological polar surface area (TPSA) is 77.2 Å². The second kappa shape index (κ2) is 6.80. The number of ether oxygens (including phenoxy) is 1. The number of hydrogen-bond donors (Lipinski definition) is 1. The van der Waals surface area contributed by atoms with Gasteiger partial charge in [0.15, 0.2) is 0 Å². The molecule has 3 aromatic rings. The number of amides is 1. The average Bonchev–Trinajstić information content (AvgIpc) is 3.16.